The van der Waals surface area contributed by atoms with Gasteiger partial charge in [-0.2, -0.15) is 26.3 Å². The number of nitrogens with zero attached hydrogens (tertiary/aromatic N) is 8. The van der Waals surface area contributed by atoms with Gasteiger partial charge >= 0.3 is 0 Å². The third kappa shape index (κ3) is 5.45. The fourth-order valence-corrected chi connectivity index (χ4v) is 8.47. The Morgan fingerprint density at radius 3 is 1.43 bits per heavy atom. The van der Waals surface area contributed by atoms with E-state index in [4.69, 9.17) is 4.98 Å². The predicted molar refractivity (Wildman–Crippen MR) is 233 cm³/mol. The van der Waals surface area contributed by atoms with Crippen LogP contribution in [0.4, 0.5) is 0 Å². The second-order valence-electron chi connectivity index (χ2n) is 14.4. The summed E-state index contributed by atoms with van der Waals surface area (Å²) in [6.45, 7) is 0. The molecule has 7 aromatic carbocycles. The SMILES string of the molecule is N#Cc1ccc(-c2ccc3c4ccccc4n(-c4cc(-c5ccccc5C#N)c(-n5c6ccccc6c6ccc(-c7ccc(C#N)cc7C#N)cc65)cn4)c3c2)c(C#N)c1. The summed E-state index contributed by atoms with van der Waals surface area (Å²) >= 11 is 0. The van der Waals surface area contributed by atoms with E-state index in [2.05, 4.69) is 88.0 Å². The van der Waals surface area contributed by atoms with Gasteiger partial charge in [0, 0.05) is 32.7 Å². The van der Waals surface area contributed by atoms with Crippen LogP contribution in [0.3, 0.4) is 0 Å². The van der Waals surface area contributed by atoms with Crippen molar-refractivity contribution in [2.24, 2.45) is 0 Å². The molecule has 3 aromatic heterocycles. The molecule has 0 aliphatic heterocycles. The Labute approximate surface area is 343 Å². The van der Waals surface area contributed by atoms with Crippen molar-refractivity contribution < 1.29 is 0 Å². The fraction of sp³-hybridized carbons (Fsp3) is 0. The van der Waals surface area contributed by atoms with Gasteiger partial charge in [0.15, 0.2) is 0 Å². The van der Waals surface area contributed by atoms with Crippen molar-refractivity contribution in [3.63, 3.8) is 0 Å². The molecule has 3 heterocycles. The van der Waals surface area contributed by atoms with E-state index >= 15 is 0 Å². The Morgan fingerprint density at radius 2 is 0.867 bits per heavy atom. The summed E-state index contributed by atoms with van der Waals surface area (Å²) in [6.07, 6.45) is 1.86. The molecule has 10 rings (SSSR count). The van der Waals surface area contributed by atoms with E-state index in [1.54, 1.807) is 24.3 Å². The maximum absolute atomic E-state index is 10.5. The number of benzene rings is 7. The number of para-hydroxylation sites is 2. The van der Waals surface area contributed by atoms with Crippen LogP contribution < -0.4 is 0 Å². The first-order valence-electron chi connectivity index (χ1n) is 19.0. The Balaban J connectivity index is 1.26. The average Bonchev–Trinajstić information content (AvgIpc) is 3.82. The van der Waals surface area contributed by atoms with Crippen LogP contribution in [0.25, 0.3) is 88.5 Å². The molecule has 0 amide bonds. The number of hydrogen-bond acceptors (Lipinski definition) is 6. The number of rotatable bonds is 5. The van der Waals surface area contributed by atoms with E-state index in [1.165, 1.54) is 0 Å². The highest BCUT2D eigenvalue weighted by molar-refractivity contribution is 6.12. The minimum Gasteiger partial charge on any atom is -0.307 e. The van der Waals surface area contributed by atoms with Crippen LogP contribution in [0.5, 0.6) is 0 Å². The minimum absolute atomic E-state index is 0.406. The maximum Gasteiger partial charge on any atom is 0.138 e. The van der Waals surface area contributed by atoms with E-state index in [-0.39, 0.29) is 0 Å². The van der Waals surface area contributed by atoms with Crippen molar-refractivity contribution in [1.29, 1.82) is 26.3 Å². The molecule has 0 spiro atoms. The molecule has 0 aliphatic carbocycles. The molecule has 0 aliphatic rings. The van der Waals surface area contributed by atoms with Gasteiger partial charge in [-0.25, -0.2) is 4.98 Å². The molecule has 0 atom stereocenters. The summed E-state index contributed by atoms with van der Waals surface area (Å²) in [5.74, 6) is 0.628. The van der Waals surface area contributed by atoms with E-state index in [1.807, 2.05) is 85.1 Å². The summed E-state index contributed by atoms with van der Waals surface area (Å²) in [5, 5.41) is 53.7. The number of pyridine rings is 1. The predicted octanol–water partition coefficient (Wildman–Crippen LogP) is 11.6. The molecule has 8 nitrogen and oxygen atoms in total. The first-order chi connectivity index (χ1) is 29.5. The van der Waals surface area contributed by atoms with Crippen molar-refractivity contribution in [1.82, 2.24) is 14.1 Å². The lowest BCUT2D eigenvalue weighted by Crippen LogP contribution is -2.04. The molecule has 0 radical (unpaired) electrons. The van der Waals surface area contributed by atoms with E-state index in [9.17, 15) is 26.3 Å². The maximum atomic E-state index is 10.5. The highest BCUT2D eigenvalue weighted by Gasteiger charge is 2.22. The molecule has 0 unspecified atom stereocenters. The second-order valence-corrected chi connectivity index (χ2v) is 14.4. The van der Waals surface area contributed by atoms with E-state index < -0.39 is 0 Å². The van der Waals surface area contributed by atoms with Crippen LogP contribution in [-0.4, -0.2) is 14.1 Å². The zero-order valence-corrected chi connectivity index (χ0v) is 31.6. The van der Waals surface area contributed by atoms with Gasteiger partial charge in [0.05, 0.1) is 92.1 Å². The normalized spacial score (nSPS) is 10.9. The largest absolute Gasteiger partial charge is 0.307 e. The lowest BCUT2D eigenvalue weighted by molar-refractivity contribution is 1.06. The van der Waals surface area contributed by atoms with Gasteiger partial charge in [0.1, 0.15) is 5.82 Å². The van der Waals surface area contributed by atoms with Crippen LogP contribution in [0.15, 0.2) is 158 Å². The van der Waals surface area contributed by atoms with Gasteiger partial charge in [-0.1, -0.05) is 91.0 Å². The smallest absolute Gasteiger partial charge is 0.138 e. The van der Waals surface area contributed by atoms with Gasteiger partial charge in [0.2, 0.25) is 0 Å². The Hall–Kier alpha value is -9.26. The number of hydrogen-bond donors (Lipinski definition) is 0. The molecule has 274 valence electrons. The molecular formula is C52H26N8. The zero-order valence-electron chi connectivity index (χ0n) is 31.6. The summed E-state index contributed by atoms with van der Waals surface area (Å²) in [4.78, 5) is 5.22. The summed E-state index contributed by atoms with van der Waals surface area (Å²) in [6, 6.07) is 59.7. The summed E-state index contributed by atoms with van der Waals surface area (Å²) in [7, 11) is 0. The van der Waals surface area contributed by atoms with E-state index in [0.29, 0.717) is 39.2 Å². The van der Waals surface area contributed by atoms with Crippen LogP contribution >= 0.6 is 0 Å². The molecule has 0 fully saturated rings. The van der Waals surface area contributed by atoms with Crippen molar-refractivity contribution in [2.45, 2.75) is 0 Å². The molecule has 0 bridgehead atoms. The number of fused-ring (bicyclic) bond motifs is 6. The molecular weight excluding hydrogens is 737 g/mol. The van der Waals surface area contributed by atoms with E-state index in [0.717, 1.165) is 77.1 Å². The van der Waals surface area contributed by atoms with Crippen molar-refractivity contribution in [3.8, 4) is 75.2 Å². The third-order valence-electron chi connectivity index (χ3n) is 11.2. The molecule has 0 N–H and O–H groups in total. The van der Waals surface area contributed by atoms with Gasteiger partial charge in [-0.15, -0.1) is 0 Å². The van der Waals surface area contributed by atoms with Gasteiger partial charge in [0.25, 0.3) is 0 Å². The highest BCUT2D eigenvalue weighted by Crippen LogP contribution is 2.41. The minimum atomic E-state index is 0.406. The highest BCUT2D eigenvalue weighted by atomic mass is 15.1. The lowest BCUT2D eigenvalue weighted by Gasteiger charge is -2.17. The Bertz CT molecular complexity index is 3680. The van der Waals surface area contributed by atoms with Crippen molar-refractivity contribution >= 4 is 43.6 Å². The topological polar surface area (TPSA) is 142 Å². The molecule has 8 heteroatoms. The van der Waals surface area contributed by atoms with Crippen molar-refractivity contribution in [3.05, 3.63) is 186 Å². The first-order valence-corrected chi connectivity index (χ1v) is 19.0. The standard InChI is InChI=1S/C52H26N8/c53-26-32-13-17-39(37(21-32)29-56)34-15-19-44-42-9-3-5-11-47(42)59(49(44)23-34)51-31-58-52(25-46(51)41-8-2-1-7-36(41)28-55)60-48-12-6-4-10-43(48)45-20-16-35(24-50(45)60)40-18-14-33(27-54)22-38(40)30-57/h1-25,31H. The average molecular weight is 763 g/mol. The molecule has 0 saturated carbocycles. The summed E-state index contributed by atoms with van der Waals surface area (Å²) < 4.78 is 4.28. The summed E-state index contributed by atoms with van der Waals surface area (Å²) in [5.41, 5.74) is 11.1. The molecule has 60 heavy (non-hydrogen) atoms. The zero-order chi connectivity index (χ0) is 40.9. The molecule has 0 saturated heterocycles. The van der Waals surface area contributed by atoms with Crippen LogP contribution in [-0.2, 0) is 0 Å². The van der Waals surface area contributed by atoms with Crippen molar-refractivity contribution in [2.75, 3.05) is 0 Å². The third-order valence-corrected chi connectivity index (χ3v) is 11.2. The Morgan fingerprint density at radius 1 is 0.367 bits per heavy atom. The second kappa shape index (κ2) is 14.0. The van der Waals surface area contributed by atoms with Gasteiger partial charge < -0.3 is 4.57 Å². The van der Waals surface area contributed by atoms with Gasteiger partial charge in [-0.05, 0) is 82.9 Å². The van der Waals surface area contributed by atoms with Crippen LogP contribution in [0.1, 0.15) is 27.8 Å². The van der Waals surface area contributed by atoms with Crippen LogP contribution in [0.2, 0.25) is 0 Å². The quantitative estimate of drug-likeness (QED) is 0.171. The lowest BCUT2D eigenvalue weighted by atomic mass is 9.97. The first kappa shape index (κ1) is 35.2. The number of nitriles is 5. The Kier molecular flexibility index (Phi) is 8.23. The monoisotopic (exact) mass is 762 g/mol. The fourth-order valence-electron chi connectivity index (χ4n) is 8.47. The molecule has 10 aromatic rings. The van der Waals surface area contributed by atoms with Gasteiger partial charge in [-0.3, -0.25) is 4.57 Å². The number of aromatic nitrogens is 3. The van der Waals surface area contributed by atoms with Crippen LogP contribution in [0, 0.1) is 56.7 Å².